The third kappa shape index (κ3) is 13.3. The molecular weight excluding hydrogens is 402 g/mol. The summed E-state index contributed by atoms with van der Waals surface area (Å²) >= 11 is 0. The van der Waals surface area contributed by atoms with Crippen molar-refractivity contribution in [2.24, 2.45) is 10.8 Å². The van der Waals surface area contributed by atoms with Crippen LogP contribution in [0.25, 0.3) is 0 Å². The molecule has 0 aromatic heterocycles. The zero-order valence-corrected chi connectivity index (χ0v) is 22.9. The van der Waals surface area contributed by atoms with Crippen LogP contribution in [0, 0.1) is 10.8 Å². The maximum Gasteiger partial charge on any atom is 0.219 e. The first-order valence-electron chi connectivity index (χ1n) is 12.0. The number of rotatable bonds is 11. The monoisotopic (exact) mass is 453 g/mol. The van der Waals surface area contributed by atoms with Crippen LogP contribution in [0.1, 0.15) is 109 Å². The van der Waals surface area contributed by atoms with Crippen molar-refractivity contribution in [3.8, 4) is 0 Å². The van der Waals surface area contributed by atoms with Crippen molar-refractivity contribution in [2.45, 2.75) is 132 Å². The van der Waals surface area contributed by atoms with E-state index in [1.165, 1.54) is 0 Å². The molecule has 188 valence electrons. The topological polar surface area (TPSA) is 87.3 Å². The third-order valence-electron chi connectivity index (χ3n) is 4.98. The van der Waals surface area contributed by atoms with E-state index in [0.717, 1.165) is 0 Å². The maximum absolute atomic E-state index is 12.8. The van der Waals surface area contributed by atoms with Gasteiger partial charge in [-0.1, -0.05) is 41.5 Å². The molecule has 0 heterocycles. The van der Waals surface area contributed by atoms with Crippen molar-refractivity contribution in [3.05, 3.63) is 0 Å². The Morgan fingerprint density at radius 3 is 1.34 bits per heavy atom. The second kappa shape index (κ2) is 11.7. The Labute approximate surface area is 197 Å². The molecule has 0 spiro atoms. The Morgan fingerprint density at radius 2 is 1.00 bits per heavy atom. The van der Waals surface area contributed by atoms with Crippen LogP contribution in [0.4, 0.5) is 0 Å². The smallest absolute Gasteiger partial charge is 0.219 e. The Bertz CT molecular complexity index is 575. The number of hydrogen-bond donors (Lipinski definition) is 3. The standard InChI is InChI=1S/C26H51N3O3/c1-23(2,3)21(31)18(28-25(7,8)9)14-13-15-20(30)27-17-16-19(29-26(10,11)12)22(32)24(4,5)6/h18-19,28-29H,13-17H2,1-12H3,(H,27,30). The molecule has 0 aliphatic rings. The molecule has 32 heavy (non-hydrogen) atoms. The zero-order valence-electron chi connectivity index (χ0n) is 22.9. The highest BCUT2D eigenvalue weighted by Crippen LogP contribution is 2.22. The van der Waals surface area contributed by atoms with Crippen LogP contribution in [0.3, 0.4) is 0 Å². The summed E-state index contributed by atoms with van der Waals surface area (Å²) in [5.74, 6) is 0.281. The van der Waals surface area contributed by atoms with Gasteiger partial charge in [-0.25, -0.2) is 0 Å². The van der Waals surface area contributed by atoms with Gasteiger partial charge in [0.2, 0.25) is 5.91 Å². The lowest BCUT2D eigenvalue weighted by Gasteiger charge is -2.32. The van der Waals surface area contributed by atoms with Gasteiger partial charge in [0.1, 0.15) is 0 Å². The summed E-state index contributed by atoms with van der Waals surface area (Å²) in [4.78, 5) is 38.0. The molecule has 0 rings (SSSR count). The van der Waals surface area contributed by atoms with E-state index >= 15 is 0 Å². The number of ketones is 2. The molecule has 0 fully saturated rings. The van der Waals surface area contributed by atoms with E-state index in [-0.39, 0.29) is 40.6 Å². The fourth-order valence-electron chi connectivity index (χ4n) is 3.54. The molecule has 0 radical (unpaired) electrons. The molecule has 0 saturated carbocycles. The zero-order chi connectivity index (χ0) is 25.5. The third-order valence-corrected chi connectivity index (χ3v) is 4.98. The molecule has 0 aromatic carbocycles. The minimum absolute atomic E-state index is 0.0413. The predicted octanol–water partition coefficient (Wildman–Crippen LogP) is 4.41. The molecule has 0 aliphatic heterocycles. The van der Waals surface area contributed by atoms with E-state index in [4.69, 9.17) is 0 Å². The van der Waals surface area contributed by atoms with Crippen molar-refractivity contribution in [1.82, 2.24) is 16.0 Å². The minimum atomic E-state index is -0.443. The first kappa shape index (κ1) is 30.7. The van der Waals surface area contributed by atoms with Gasteiger partial charge >= 0.3 is 0 Å². The molecule has 6 nitrogen and oxygen atoms in total. The number of amides is 1. The Hall–Kier alpha value is -1.27. The fraction of sp³-hybridized carbons (Fsp3) is 0.885. The number of carbonyl (C=O) groups is 3. The summed E-state index contributed by atoms with van der Waals surface area (Å²) in [7, 11) is 0. The molecular formula is C26H51N3O3. The average molecular weight is 454 g/mol. The average Bonchev–Trinajstić information content (AvgIpc) is 2.54. The molecule has 0 aromatic rings. The second-order valence-electron chi connectivity index (χ2n) is 13.2. The van der Waals surface area contributed by atoms with Gasteiger partial charge in [-0.3, -0.25) is 14.4 Å². The fourth-order valence-corrected chi connectivity index (χ4v) is 3.54. The van der Waals surface area contributed by atoms with Gasteiger partial charge in [-0.05, 0) is 60.8 Å². The molecule has 2 unspecified atom stereocenters. The molecule has 3 N–H and O–H groups in total. The number of carbonyl (C=O) groups excluding carboxylic acids is 3. The van der Waals surface area contributed by atoms with Gasteiger partial charge in [0.25, 0.3) is 0 Å². The van der Waals surface area contributed by atoms with Crippen LogP contribution >= 0.6 is 0 Å². The normalized spacial score (nSPS) is 15.2. The largest absolute Gasteiger partial charge is 0.356 e. The van der Waals surface area contributed by atoms with Crippen molar-refractivity contribution < 1.29 is 14.4 Å². The van der Waals surface area contributed by atoms with Gasteiger partial charge in [0.15, 0.2) is 11.6 Å². The van der Waals surface area contributed by atoms with Crippen LogP contribution in [0.2, 0.25) is 0 Å². The summed E-state index contributed by atoms with van der Waals surface area (Å²) in [5.41, 5.74) is -1.24. The van der Waals surface area contributed by atoms with Gasteiger partial charge in [0.05, 0.1) is 12.1 Å². The summed E-state index contributed by atoms with van der Waals surface area (Å²) < 4.78 is 0. The van der Waals surface area contributed by atoms with Gasteiger partial charge in [-0.15, -0.1) is 0 Å². The SMILES string of the molecule is CC(C)(C)NC(CCCC(=O)NCCC(NC(C)(C)C)C(=O)C(C)(C)C)C(=O)C(C)(C)C. The van der Waals surface area contributed by atoms with Crippen LogP contribution in [0.5, 0.6) is 0 Å². The summed E-state index contributed by atoms with van der Waals surface area (Å²) in [6.07, 6.45) is 2.17. The second-order valence-corrected chi connectivity index (χ2v) is 13.2. The van der Waals surface area contributed by atoms with E-state index in [2.05, 4.69) is 16.0 Å². The molecule has 6 heteroatoms. The minimum Gasteiger partial charge on any atom is -0.356 e. The van der Waals surface area contributed by atoms with Crippen LogP contribution in [0.15, 0.2) is 0 Å². The lowest BCUT2D eigenvalue weighted by atomic mass is 9.84. The Balaban J connectivity index is 4.77. The number of hydrogen-bond acceptors (Lipinski definition) is 5. The summed E-state index contributed by atoms with van der Waals surface area (Å²) in [5, 5.41) is 9.76. The van der Waals surface area contributed by atoms with Crippen molar-refractivity contribution in [3.63, 3.8) is 0 Å². The van der Waals surface area contributed by atoms with E-state index in [1.54, 1.807) is 0 Å². The van der Waals surface area contributed by atoms with Crippen LogP contribution in [-0.2, 0) is 14.4 Å². The Morgan fingerprint density at radius 1 is 0.625 bits per heavy atom. The molecule has 0 bridgehead atoms. The van der Waals surface area contributed by atoms with Crippen LogP contribution < -0.4 is 16.0 Å². The quantitative estimate of drug-likeness (QED) is 0.431. The molecule has 1 amide bonds. The van der Waals surface area contributed by atoms with E-state index in [0.29, 0.717) is 32.2 Å². The highest BCUT2D eigenvalue weighted by atomic mass is 16.2. The first-order chi connectivity index (χ1) is 14.1. The van der Waals surface area contributed by atoms with Gasteiger partial charge in [-0.2, -0.15) is 0 Å². The maximum atomic E-state index is 12.8. The predicted molar refractivity (Wildman–Crippen MR) is 134 cm³/mol. The molecule has 2 atom stereocenters. The molecule has 0 saturated heterocycles. The summed E-state index contributed by atoms with van der Waals surface area (Å²) in [6.45, 7) is 24.3. The van der Waals surface area contributed by atoms with Crippen molar-refractivity contribution in [1.29, 1.82) is 0 Å². The van der Waals surface area contributed by atoms with Gasteiger partial charge < -0.3 is 16.0 Å². The van der Waals surface area contributed by atoms with Crippen molar-refractivity contribution in [2.75, 3.05) is 6.54 Å². The Kier molecular flexibility index (Phi) is 11.3. The first-order valence-corrected chi connectivity index (χ1v) is 12.0. The number of Topliss-reactive ketones (excluding diaryl/α,β-unsaturated/α-hetero) is 2. The van der Waals surface area contributed by atoms with E-state index in [1.807, 2.05) is 83.1 Å². The highest BCUT2D eigenvalue weighted by Gasteiger charge is 2.33. The lowest BCUT2D eigenvalue weighted by molar-refractivity contribution is -0.129. The number of nitrogens with one attached hydrogen (secondary N) is 3. The highest BCUT2D eigenvalue weighted by molar-refractivity contribution is 5.89. The van der Waals surface area contributed by atoms with Gasteiger partial charge in [0, 0.05) is 34.9 Å². The van der Waals surface area contributed by atoms with E-state index in [9.17, 15) is 14.4 Å². The lowest BCUT2D eigenvalue weighted by Crippen LogP contribution is -2.52. The molecule has 0 aliphatic carbocycles. The summed E-state index contributed by atoms with van der Waals surface area (Å²) in [6, 6.07) is -0.576. The van der Waals surface area contributed by atoms with E-state index < -0.39 is 10.8 Å². The van der Waals surface area contributed by atoms with Crippen LogP contribution in [-0.4, -0.2) is 47.2 Å². The van der Waals surface area contributed by atoms with Crippen molar-refractivity contribution >= 4 is 17.5 Å².